The van der Waals surface area contributed by atoms with Crippen molar-refractivity contribution in [2.45, 2.75) is 12.5 Å². The standard InChI is InChI=1S/C18H19N3O4/c1-3-10-7-16(22)21-14(10)9-25-18-12-8-15(24-2)13(17(19)23)6-11(12)4-5-20-18/h3-6,8,10,14H,1,7,9H2,2H3,(H2,19,23)(H,21,22)/t10-,14-/m1/s1. The van der Waals surface area contributed by atoms with Crippen molar-refractivity contribution in [3.63, 3.8) is 0 Å². The van der Waals surface area contributed by atoms with Gasteiger partial charge in [-0.3, -0.25) is 9.59 Å². The minimum absolute atomic E-state index is 0.0165. The lowest BCUT2D eigenvalue weighted by Crippen LogP contribution is -2.34. The maximum absolute atomic E-state index is 11.6. The Kier molecular flexibility index (Phi) is 4.56. The highest BCUT2D eigenvalue weighted by Crippen LogP contribution is 2.31. The minimum Gasteiger partial charge on any atom is -0.496 e. The number of primary amides is 1. The number of nitrogens with zero attached hydrogens (tertiary/aromatic N) is 1. The Morgan fingerprint density at radius 2 is 2.32 bits per heavy atom. The van der Waals surface area contributed by atoms with Crippen LogP contribution >= 0.6 is 0 Å². The molecule has 1 aromatic carbocycles. The van der Waals surface area contributed by atoms with E-state index in [1.807, 2.05) is 0 Å². The Labute approximate surface area is 144 Å². The average Bonchev–Trinajstić information content (AvgIpc) is 2.98. The number of benzene rings is 1. The van der Waals surface area contributed by atoms with E-state index in [0.29, 0.717) is 29.0 Å². The molecular formula is C18H19N3O4. The van der Waals surface area contributed by atoms with Crippen LogP contribution in [0.4, 0.5) is 0 Å². The number of fused-ring (bicyclic) bond motifs is 1. The van der Waals surface area contributed by atoms with E-state index in [9.17, 15) is 9.59 Å². The lowest BCUT2D eigenvalue weighted by molar-refractivity contribution is -0.119. The first-order valence-electron chi connectivity index (χ1n) is 7.84. The Morgan fingerprint density at radius 1 is 1.52 bits per heavy atom. The first-order chi connectivity index (χ1) is 12.0. The molecule has 0 radical (unpaired) electrons. The monoisotopic (exact) mass is 341 g/mol. The molecule has 1 aliphatic rings. The number of aromatic nitrogens is 1. The SMILES string of the molecule is C=C[C@@H]1CC(=O)N[C@@H]1COc1nccc2cc(C(N)=O)c(OC)cc12. The van der Waals surface area contributed by atoms with E-state index in [-0.39, 0.29) is 24.5 Å². The van der Waals surface area contributed by atoms with E-state index in [0.717, 1.165) is 5.39 Å². The van der Waals surface area contributed by atoms with Crippen molar-refractivity contribution in [1.82, 2.24) is 10.3 Å². The van der Waals surface area contributed by atoms with Gasteiger partial charge in [-0.15, -0.1) is 6.58 Å². The van der Waals surface area contributed by atoms with E-state index in [1.165, 1.54) is 7.11 Å². The van der Waals surface area contributed by atoms with E-state index in [1.54, 1.807) is 30.5 Å². The summed E-state index contributed by atoms with van der Waals surface area (Å²) in [4.78, 5) is 27.4. The van der Waals surface area contributed by atoms with Gasteiger partial charge in [0.15, 0.2) is 0 Å². The zero-order valence-electron chi connectivity index (χ0n) is 13.8. The zero-order chi connectivity index (χ0) is 18.0. The van der Waals surface area contributed by atoms with Gasteiger partial charge < -0.3 is 20.5 Å². The van der Waals surface area contributed by atoms with Crippen molar-refractivity contribution in [1.29, 1.82) is 0 Å². The third-order valence-corrected chi connectivity index (χ3v) is 4.30. The molecule has 3 N–H and O–H groups in total. The first kappa shape index (κ1) is 16.8. The molecule has 130 valence electrons. The average molecular weight is 341 g/mol. The van der Waals surface area contributed by atoms with Gasteiger partial charge in [-0.05, 0) is 23.6 Å². The summed E-state index contributed by atoms with van der Waals surface area (Å²) < 4.78 is 11.1. The normalized spacial score (nSPS) is 19.5. The van der Waals surface area contributed by atoms with E-state index >= 15 is 0 Å². The second kappa shape index (κ2) is 6.80. The fourth-order valence-corrected chi connectivity index (χ4v) is 2.96. The highest BCUT2D eigenvalue weighted by molar-refractivity contribution is 6.01. The van der Waals surface area contributed by atoms with Crippen LogP contribution in [0.3, 0.4) is 0 Å². The van der Waals surface area contributed by atoms with Gasteiger partial charge in [-0.2, -0.15) is 0 Å². The fraction of sp³-hybridized carbons (Fsp3) is 0.278. The number of hydrogen-bond acceptors (Lipinski definition) is 5. The highest BCUT2D eigenvalue weighted by Gasteiger charge is 2.30. The Hall–Kier alpha value is -3.09. The fourth-order valence-electron chi connectivity index (χ4n) is 2.96. The molecule has 0 spiro atoms. The number of carbonyl (C=O) groups excluding carboxylic acids is 2. The van der Waals surface area contributed by atoms with Gasteiger partial charge in [0, 0.05) is 23.9 Å². The van der Waals surface area contributed by atoms with Crippen molar-refractivity contribution in [3.05, 3.63) is 42.6 Å². The minimum atomic E-state index is -0.569. The summed E-state index contributed by atoms with van der Waals surface area (Å²) in [6.45, 7) is 4.03. The maximum Gasteiger partial charge on any atom is 0.252 e. The molecule has 0 bridgehead atoms. The second-order valence-corrected chi connectivity index (χ2v) is 5.84. The molecule has 7 nitrogen and oxygen atoms in total. The molecule has 1 saturated heterocycles. The van der Waals surface area contributed by atoms with Gasteiger partial charge in [0.25, 0.3) is 5.91 Å². The van der Waals surface area contributed by atoms with Gasteiger partial charge in [0.2, 0.25) is 11.8 Å². The number of rotatable bonds is 6. The number of nitrogens with two attached hydrogens (primary N) is 1. The van der Waals surface area contributed by atoms with Crippen molar-refractivity contribution < 1.29 is 19.1 Å². The van der Waals surface area contributed by atoms with Crippen LogP contribution in [-0.2, 0) is 4.79 Å². The van der Waals surface area contributed by atoms with Crippen LogP contribution in [0.25, 0.3) is 10.8 Å². The molecule has 25 heavy (non-hydrogen) atoms. The zero-order valence-corrected chi connectivity index (χ0v) is 13.8. The predicted molar refractivity (Wildman–Crippen MR) is 92.5 cm³/mol. The van der Waals surface area contributed by atoms with Crippen molar-refractivity contribution in [3.8, 4) is 11.6 Å². The molecule has 1 aromatic heterocycles. The van der Waals surface area contributed by atoms with Crippen molar-refractivity contribution in [2.24, 2.45) is 11.7 Å². The lowest BCUT2D eigenvalue weighted by atomic mass is 10.0. The number of nitrogens with one attached hydrogen (secondary N) is 1. The van der Waals surface area contributed by atoms with E-state index < -0.39 is 5.91 Å². The van der Waals surface area contributed by atoms with Gasteiger partial charge in [-0.1, -0.05) is 6.08 Å². The Balaban J connectivity index is 1.90. The molecule has 2 atom stereocenters. The number of methoxy groups -OCH3 is 1. The van der Waals surface area contributed by atoms with Crippen LogP contribution in [0.5, 0.6) is 11.6 Å². The molecule has 2 amide bonds. The molecule has 0 aliphatic carbocycles. The van der Waals surface area contributed by atoms with Crippen LogP contribution in [-0.4, -0.2) is 36.6 Å². The van der Waals surface area contributed by atoms with Gasteiger partial charge in [-0.25, -0.2) is 4.98 Å². The summed E-state index contributed by atoms with van der Waals surface area (Å²) in [7, 11) is 1.47. The summed E-state index contributed by atoms with van der Waals surface area (Å²) in [5, 5.41) is 4.33. The number of ether oxygens (including phenoxy) is 2. The number of hydrogen-bond donors (Lipinski definition) is 2. The number of amides is 2. The number of pyridine rings is 1. The first-order valence-corrected chi connectivity index (χ1v) is 7.84. The largest absolute Gasteiger partial charge is 0.496 e. The molecule has 0 unspecified atom stereocenters. The van der Waals surface area contributed by atoms with Crippen LogP contribution in [0.2, 0.25) is 0 Å². The molecule has 7 heteroatoms. The molecule has 2 aromatic rings. The highest BCUT2D eigenvalue weighted by atomic mass is 16.5. The predicted octanol–water partition coefficient (Wildman–Crippen LogP) is 1.41. The topological polar surface area (TPSA) is 104 Å². The van der Waals surface area contributed by atoms with Crippen LogP contribution in [0.1, 0.15) is 16.8 Å². The van der Waals surface area contributed by atoms with E-state index in [2.05, 4.69) is 16.9 Å². The maximum atomic E-state index is 11.6. The summed E-state index contributed by atoms with van der Waals surface area (Å²) in [5.41, 5.74) is 5.68. The second-order valence-electron chi connectivity index (χ2n) is 5.84. The quantitative estimate of drug-likeness (QED) is 0.773. The van der Waals surface area contributed by atoms with Crippen molar-refractivity contribution >= 4 is 22.6 Å². The van der Waals surface area contributed by atoms with Gasteiger partial charge in [0.1, 0.15) is 12.4 Å². The summed E-state index contributed by atoms with van der Waals surface area (Å²) >= 11 is 0. The summed E-state index contributed by atoms with van der Waals surface area (Å²) in [6, 6.07) is 4.94. The lowest BCUT2D eigenvalue weighted by Gasteiger charge is -2.17. The molecule has 0 saturated carbocycles. The van der Waals surface area contributed by atoms with Crippen LogP contribution in [0.15, 0.2) is 37.1 Å². The molecule has 2 heterocycles. The Bertz CT molecular complexity index is 850. The van der Waals surface area contributed by atoms with Gasteiger partial charge in [0.05, 0.1) is 18.7 Å². The third-order valence-electron chi connectivity index (χ3n) is 4.30. The van der Waals surface area contributed by atoms with E-state index in [4.69, 9.17) is 15.2 Å². The summed E-state index contributed by atoms with van der Waals surface area (Å²) in [6.07, 6.45) is 3.76. The molecule has 1 aliphatic heterocycles. The summed E-state index contributed by atoms with van der Waals surface area (Å²) in [5.74, 6) is 0.197. The molecular weight excluding hydrogens is 322 g/mol. The molecule has 3 rings (SSSR count). The number of carbonyl (C=O) groups is 2. The third kappa shape index (κ3) is 3.26. The molecule has 1 fully saturated rings. The smallest absolute Gasteiger partial charge is 0.252 e. The van der Waals surface area contributed by atoms with Crippen LogP contribution in [0, 0.1) is 5.92 Å². The van der Waals surface area contributed by atoms with Gasteiger partial charge >= 0.3 is 0 Å². The van der Waals surface area contributed by atoms with Crippen molar-refractivity contribution in [2.75, 3.05) is 13.7 Å². The van der Waals surface area contributed by atoms with Crippen LogP contribution < -0.4 is 20.5 Å². The Morgan fingerprint density at radius 3 is 3.00 bits per heavy atom.